The zero-order valence-corrected chi connectivity index (χ0v) is 31.1. The number of para-hydroxylation sites is 1. The van der Waals surface area contributed by atoms with E-state index in [4.69, 9.17) is 20.9 Å². The van der Waals surface area contributed by atoms with E-state index in [1.807, 2.05) is 30.5 Å². The average Bonchev–Trinajstić information content (AvgIpc) is 3.84. The van der Waals surface area contributed by atoms with Gasteiger partial charge in [0, 0.05) is 39.9 Å². The molecule has 0 aliphatic rings. The molecule has 0 amide bonds. The summed E-state index contributed by atoms with van der Waals surface area (Å²) in [6, 6.07) is 37.9. The summed E-state index contributed by atoms with van der Waals surface area (Å²) in [5.41, 5.74) is 7.86. The van der Waals surface area contributed by atoms with Crippen LogP contribution in [0.1, 0.15) is 10.4 Å². The van der Waals surface area contributed by atoms with Gasteiger partial charge < -0.3 is 20.5 Å². The molecule has 0 radical (unpaired) electrons. The van der Waals surface area contributed by atoms with Gasteiger partial charge in [-0.05, 0) is 77.7 Å². The standard InChI is InChI=1S/C26H17N3S.C11H8N2O2.2CNS.Ru/c1-2-11-24-20(9-1)21-16-23(22-10-3-4-13-27-22)28-17-25(21)29(24)19-8-5-7-18(15-19)26-12-6-14-30-26;14-11(15)8-4-6-13-10(7-8)9-3-1-2-5-12-9;2*2-1-3;/h1-17H;1-7H,(H,14,15);;;/q;;2*-1;+2. The first-order valence-corrected chi connectivity index (χ1v) is 16.8. The zero-order valence-electron chi connectivity index (χ0n) is 26.9. The van der Waals surface area contributed by atoms with Crippen molar-refractivity contribution in [3.05, 3.63) is 162 Å². The van der Waals surface area contributed by atoms with Gasteiger partial charge in [-0.15, -0.1) is 11.3 Å². The van der Waals surface area contributed by atoms with E-state index in [-0.39, 0.29) is 25.0 Å². The van der Waals surface area contributed by atoms with Crippen LogP contribution in [0.25, 0.3) is 71.5 Å². The van der Waals surface area contributed by atoms with Gasteiger partial charge in [-0.3, -0.25) is 19.9 Å². The van der Waals surface area contributed by atoms with Crippen molar-refractivity contribution in [1.82, 2.24) is 24.5 Å². The van der Waals surface area contributed by atoms with Crippen molar-refractivity contribution in [3.8, 4) is 38.9 Å². The van der Waals surface area contributed by atoms with E-state index in [0.29, 0.717) is 11.4 Å². The number of aromatic nitrogens is 5. The first-order valence-electron chi connectivity index (χ1n) is 15.1. The zero-order chi connectivity index (χ0) is 36.0. The first kappa shape index (κ1) is 39.0. The number of thiocarbonyl (C=S) groups is 2. The SMILES string of the molecule is O=C(O)c1ccnc(-c2ccccn2)c1.[N-]=C=S.[N-]=C=S.[Ru+2].c1ccc(-c2cc3c4ccccc4n(-c4cccc(-c5cccs5)c4)c3cn2)nc1. The molecule has 0 saturated carbocycles. The minimum atomic E-state index is -0.963. The van der Waals surface area contributed by atoms with Crippen molar-refractivity contribution in [3.63, 3.8) is 0 Å². The maximum Gasteiger partial charge on any atom is 2.00 e. The van der Waals surface area contributed by atoms with Crippen LogP contribution in [-0.4, -0.2) is 45.9 Å². The normalized spacial score (nSPS) is 9.69. The number of carboxylic acids is 1. The quantitative estimate of drug-likeness (QED) is 0.103. The predicted octanol–water partition coefficient (Wildman–Crippen LogP) is 10.1. The van der Waals surface area contributed by atoms with Gasteiger partial charge in [0.25, 0.3) is 0 Å². The number of benzene rings is 2. The Morgan fingerprint density at radius 1 is 0.654 bits per heavy atom. The number of aromatic carboxylic acids is 1. The number of nitrogens with zero attached hydrogens (tertiary/aromatic N) is 7. The molecule has 2 aromatic carbocycles. The van der Waals surface area contributed by atoms with E-state index in [0.717, 1.165) is 22.6 Å². The second-order valence-electron chi connectivity index (χ2n) is 10.3. The van der Waals surface area contributed by atoms with Gasteiger partial charge in [0.2, 0.25) is 0 Å². The topological polar surface area (TPSA) is 138 Å². The van der Waals surface area contributed by atoms with Crippen LogP contribution in [0.4, 0.5) is 0 Å². The number of carbonyl (C=O) groups is 1. The van der Waals surface area contributed by atoms with Crippen LogP contribution in [-0.2, 0) is 19.5 Å². The van der Waals surface area contributed by atoms with Crippen LogP contribution in [0.2, 0.25) is 0 Å². The summed E-state index contributed by atoms with van der Waals surface area (Å²) >= 11 is 9.16. The summed E-state index contributed by atoms with van der Waals surface area (Å²) in [4.78, 5) is 29.4. The minimum Gasteiger partial charge on any atom is -0.753 e. The van der Waals surface area contributed by atoms with E-state index < -0.39 is 5.97 Å². The molecule has 0 fully saturated rings. The van der Waals surface area contributed by atoms with Gasteiger partial charge >= 0.3 is 25.4 Å². The van der Waals surface area contributed by atoms with Gasteiger partial charge in [0.05, 0.1) is 45.6 Å². The van der Waals surface area contributed by atoms with Crippen LogP contribution in [0.15, 0.2) is 145 Å². The number of hydrogen-bond donors (Lipinski definition) is 1. The van der Waals surface area contributed by atoms with Crippen molar-refractivity contribution >= 4 is 73.9 Å². The van der Waals surface area contributed by atoms with Gasteiger partial charge in [0.15, 0.2) is 0 Å². The summed E-state index contributed by atoms with van der Waals surface area (Å²) < 4.78 is 2.30. The summed E-state index contributed by atoms with van der Waals surface area (Å²) in [5.74, 6) is -0.963. The minimum absolute atomic E-state index is 0. The maximum absolute atomic E-state index is 10.7. The fourth-order valence-corrected chi connectivity index (χ4v) is 5.98. The molecule has 52 heavy (non-hydrogen) atoms. The molecule has 1 N–H and O–H groups in total. The molecule has 8 aromatic rings. The summed E-state index contributed by atoms with van der Waals surface area (Å²) in [6.45, 7) is 0. The number of rotatable bonds is 5. The van der Waals surface area contributed by atoms with Crippen LogP contribution in [0, 0.1) is 0 Å². The second kappa shape index (κ2) is 19.6. The molecule has 0 aliphatic heterocycles. The van der Waals surface area contributed by atoms with Gasteiger partial charge in [-0.25, -0.2) is 4.79 Å². The Hall–Kier alpha value is -5.77. The van der Waals surface area contributed by atoms with Crippen molar-refractivity contribution in [2.45, 2.75) is 0 Å². The third-order valence-electron chi connectivity index (χ3n) is 7.33. The molecule has 0 saturated heterocycles. The van der Waals surface area contributed by atoms with Gasteiger partial charge in [-0.1, -0.05) is 73.0 Å². The fourth-order valence-electron chi connectivity index (χ4n) is 5.26. The van der Waals surface area contributed by atoms with Gasteiger partial charge in [0.1, 0.15) is 0 Å². The van der Waals surface area contributed by atoms with E-state index in [9.17, 15) is 4.79 Å². The van der Waals surface area contributed by atoms with E-state index in [1.165, 1.54) is 55.4 Å². The molecule has 9 nitrogen and oxygen atoms in total. The molecule has 0 spiro atoms. The Morgan fingerprint density at radius 3 is 1.90 bits per heavy atom. The molecule has 8 rings (SSSR count). The smallest absolute Gasteiger partial charge is 0.753 e. The Balaban J connectivity index is 0.000000232. The summed E-state index contributed by atoms with van der Waals surface area (Å²) in [6.07, 6.45) is 6.88. The molecule has 6 heterocycles. The molecular weight excluding hydrogens is 796 g/mol. The number of pyridine rings is 4. The summed E-state index contributed by atoms with van der Waals surface area (Å²) in [5, 5.41) is 30.3. The van der Waals surface area contributed by atoms with E-state index >= 15 is 0 Å². The van der Waals surface area contributed by atoms with E-state index in [2.05, 4.69) is 116 Å². The number of thiophene rings is 1. The molecule has 0 aliphatic carbocycles. The predicted molar refractivity (Wildman–Crippen MR) is 211 cm³/mol. The fraction of sp³-hybridized carbons (Fsp3) is 0. The molecule has 0 bridgehead atoms. The Bertz CT molecular complexity index is 2450. The molecule has 0 unspecified atom stereocenters. The average molecular weight is 821 g/mol. The van der Waals surface area contributed by atoms with Crippen molar-refractivity contribution in [1.29, 1.82) is 0 Å². The van der Waals surface area contributed by atoms with Gasteiger partial charge in [-0.2, -0.15) is 10.3 Å². The number of isothiocyanates is 2. The number of hydrogen-bond acceptors (Lipinski definition) is 8. The number of fused-ring (bicyclic) bond motifs is 3. The Labute approximate surface area is 326 Å². The Morgan fingerprint density at radius 2 is 1.29 bits per heavy atom. The molecule has 6 aromatic heterocycles. The summed E-state index contributed by atoms with van der Waals surface area (Å²) in [7, 11) is 0. The number of carboxylic acid groups (broad SMARTS) is 1. The first-order chi connectivity index (χ1) is 25.0. The van der Waals surface area contributed by atoms with Crippen LogP contribution in [0.5, 0.6) is 0 Å². The van der Waals surface area contributed by atoms with Crippen LogP contribution in [0.3, 0.4) is 0 Å². The van der Waals surface area contributed by atoms with E-state index in [1.54, 1.807) is 35.9 Å². The molecular formula is C39H25N7O2RuS3. The largest absolute Gasteiger partial charge is 2.00 e. The van der Waals surface area contributed by atoms with Crippen LogP contribution < -0.4 is 0 Å². The molecule has 13 heteroatoms. The molecule has 254 valence electrons. The van der Waals surface area contributed by atoms with Crippen molar-refractivity contribution in [2.75, 3.05) is 0 Å². The second-order valence-corrected chi connectivity index (χ2v) is 11.6. The monoisotopic (exact) mass is 821 g/mol. The van der Waals surface area contributed by atoms with Crippen LogP contribution >= 0.6 is 35.8 Å². The molecule has 0 atom stereocenters. The Kier molecular flexibility index (Phi) is 14.7. The van der Waals surface area contributed by atoms with Crippen molar-refractivity contribution < 1.29 is 29.4 Å². The van der Waals surface area contributed by atoms with Crippen molar-refractivity contribution in [2.24, 2.45) is 0 Å². The maximum atomic E-state index is 10.7. The third kappa shape index (κ3) is 9.51. The third-order valence-corrected chi connectivity index (χ3v) is 8.25.